The van der Waals surface area contributed by atoms with Gasteiger partial charge in [0.1, 0.15) is 11.4 Å². The van der Waals surface area contributed by atoms with Crippen molar-refractivity contribution in [2.45, 2.75) is 18.7 Å². The Morgan fingerprint density at radius 3 is 2.37 bits per heavy atom. The van der Waals surface area contributed by atoms with Gasteiger partial charge in [0.25, 0.3) is 0 Å². The third-order valence-corrected chi connectivity index (χ3v) is 5.25. The Hall–Kier alpha value is -2.90. The molecule has 1 heterocycles. The Morgan fingerprint density at radius 2 is 1.74 bits per heavy atom. The second-order valence-corrected chi connectivity index (χ2v) is 7.69. The summed E-state index contributed by atoms with van der Waals surface area (Å²) in [6.45, 7) is 3.98. The predicted octanol–water partition coefficient (Wildman–Crippen LogP) is 3.50. The molecular formula is C20H21N3O3S. The van der Waals surface area contributed by atoms with Crippen LogP contribution in [-0.4, -0.2) is 26.3 Å². The molecule has 1 aromatic heterocycles. The van der Waals surface area contributed by atoms with Crippen LogP contribution in [0.1, 0.15) is 17.0 Å². The van der Waals surface area contributed by atoms with Crippen LogP contribution in [0.2, 0.25) is 0 Å². The Balaban J connectivity index is 1.97. The average molecular weight is 383 g/mol. The summed E-state index contributed by atoms with van der Waals surface area (Å²) in [5, 5.41) is 5.17. The zero-order valence-corrected chi connectivity index (χ0v) is 16.2. The first-order valence-electron chi connectivity index (χ1n) is 8.30. The molecule has 7 heteroatoms. The number of aromatic nitrogens is 1. The van der Waals surface area contributed by atoms with Gasteiger partial charge >= 0.3 is 0 Å². The van der Waals surface area contributed by atoms with Crippen LogP contribution in [0, 0.1) is 13.8 Å². The molecule has 27 heavy (non-hydrogen) atoms. The number of primary sulfonamides is 1. The van der Waals surface area contributed by atoms with Gasteiger partial charge in [0.2, 0.25) is 10.0 Å². The van der Waals surface area contributed by atoms with Crippen LogP contribution in [-0.2, 0) is 10.0 Å². The van der Waals surface area contributed by atoms with Crippen molar-refractivity contribution in [3.05, 3.63) is 71.5 Å². The number of sulfonamides is 1. The number of benzene rings is 2. The first-order chi connectivity index (χ1) is 12.8. The summed E-state index contributed by atoms with van der Waals surface area (Å²) in [5.74, 6) is 0.709. The van der Waals surface area contributed by atoms with E-state index in [1.54, 1.807) is 25.5 Å². The molecule has 0 radical (unpaired) electrons. The fourth-order valence-corrected chi connectivity index (χ4v) is 3.49. The fourth-order valence-electron chi connectivity index (χ4n) is 2.98. The van der Waals surface area contributed by atoms with E-state index in [1.165, 1.54) is 12.1 Å². The monoisotopic (exact) mass is 383 g/mol. The highest BCUT2D eigenvalue weighted by Gasteiger charge is 2.12. The Bertz CT molecular complexity index is 1100. The molecule has 2 N–H and O–H groups in total. The zero-order chi connectivity index (χ0) is 19.6. The van der Waals surface area contributed by atoms with Crippen molar-refractivity contribution in [2.75, 3.05) is 7.11 Å². The first-order valence-corrected chi connectivity index (χ1v) is 9.85. The van der Waals surface area contributed by atoms with Crippen molar-refractivity contribution in [3.63, 3.8) is 0 Å². The van der Waals surface area contributed by atoms with Gasteiger partial charge in [-0.05, 0) is 56.3 Å². The smallest absolute Gasteiger partial charge is 0.238 e. The topological polar surface area (TPSA) is 86.7 Å². The van der Waals surface area contributed by atoms with Crippen molar-refractivity contribution in [2.24, 2.45) is 10.1 Å². The molecule has 0 saturated heterocycles. The van der Waals surface area contributed by atoms with E-state index in [1.807, 2.05) is 48.7 Å². The molecule has 3 rings (SSSR count). The highest BCUT2D eigenvalue weighted by Crippen LogP contribution is 2.27. The zero-order valence-electron chi connectivity index (χ0n) is 15.4. The Morgan fingerprint density at radius 1 is 1.07 bits per heavy atom. The maximum Gasteiger partial charge on any atom is 0.238 e. The van der Waals surface area contributed by atoms with Crippen LogP contribution < -0.4 is 9.88 Å². The maximum atomic E-state index is 11.4. The summed E-state index contributed by atoms with van der Waals surface area (Å²) < 4.78 is 30.2. The minimum Gasteiger partial charge on any atom is -0.494 e. The highest BCUT2D eigenvalue weighted by molar-refractivity contribution is 7.89. The van der Waals surface area contributed by atoms with E-state index in [-0.39, 0.29) is 4.90 Å². The van der Waals surface area contributed by atoms with Gasteiger partial charge in [0.05, 0.1) is 12.0 Å². The van der Waals surface area contributed by atoms with E-state index in [0.29, 0.717) is 5.75 Å². The summed E-state index contributed by atoms with van der Waals surface area (Å²) >= 11 is 0. The molecule has 0 saturated carbocycles. The molecule has 0 aliphatic carbocycles. The SMILES string of the molecule is COc1ccccc1N=Cc1cc(C)n(-c2ccc(S(N)(=O)=O)cc2)c1C. The molecule has 0 fully saturated rings. The number of nitrogens with zero attached hydrogens (tertiary/aromatic N) is 2. The molecule has 0 atom stereocenters. The van der Waals surface area contributed by atoms with Crippen molar-refractivity contribution in [1.82, 2.24) is 4.57 Å². The minimum absolute atomic E-state index is 0.0895. The number of methoxy groups -OCH3 is 1. The van der Waals surface area contributed by atoms with Crippen LogP contribution in [0.25, 0.3) is 5.69 Å². The van der Waals surface area contributed by atoms with Crippen molar-refractivity contribution >= 4 is 21.9 Å². The van der Waals surface area contributed by atoms with E-state index in [0.717, 1.165) is 28.3 Å². The predicted molar refractivity (Wildman–Crippen MR) is 107 cm³/mol. The number of rotatable bonds is 5. The molecule has 0 amide bonds. The van der Waals surface area contributed by atoms with E-state index < -0.39 is 10.0 Å². The summed E-state index contributed by atoms with van der Waals surface area (Å²) in [6, 6.07) is 16.1. The molecule has 140 valence electrons. The summed E-state index contributed by atoms with van der Waals surface area (Å²) in [4.78, 5) is 4.63. The summed E-state index contributed by atoms with van der Waals surface area (Å²) in [6.07, 6.45) is 1.80. The molecule has 0 aliphatic rings. The van der Waals surface area contributed by atoms with Crippen LogP contribution in [0.3, 0.4) is 0 Å². The largest absolute Gasteiger partial charge is 0.494 e. The van der Waals surface area contributed by atoms with E-state index >= 15 is 0 Å². The third kappa shape index (κ3) is 3.94. The van der Waals surface area contributed by atoms with Crippen LogP contribution in [0.15, 0.2) is 64.5 Å². The quantitative estimate of drug-likeness (QED) is 0.684. The summed E-state index contributed by atoms with van der Waals surface area (Å²) in [7, 11) is -2.09. The molecule has 6 nitrogen and oxygen atoms in total. The first kappa shape index (κ1) is 18.9. The van der Waals surface area contributed by atoms with Gasteiger partial charge in [-0.15, -0.1) is 0 Å². The van der Waals surface area contributed by atoms with Gasteiger partial charge in [-0.2, -0.15) is 0 Å². The lowest BCUT2D eigenvalue weighted by Gasteiger charge is -2.10. The molecule has 0 unspecified atom stereocenters. The number of para-hydroxylation sites is 2. The normalized spacial score (nSPS) is 11.9. The maximum absolute atomic E-state index is 11.4. The van der Waals surface area contributed by atoms with Gasteiger partial charge in [-0.3, -0.25) is 4.99 Å². The molecular weight excluding hydrogens is 362 g/mol. The average Bonchev–Trinajstić information content (AvgIpc) is 2.93. The van der Waals surface area contributed by atoms with Crippen LogP contribution >= 0.6 is 0 Å². The number of hydrogen-bond donors (Lipinski definition) is 1. The Kier molecular flexibility index (Phi) is 5.16. The standard InChI is InChI=1S/C20H21N3O3S/c1-14-12-16(13-22-19-6-4-5-7-20(19)26-3)15(2)23(14)17-8-10-18(11-9-17)27(21,24)25/h4-13H,1-3H3,(H2,21,24,25). The fraction of sp³-hybridized carbons (Fsp3) is 0.150. The van der Waals surface area contributed by atoms with E-state index in [4.69, 9.17) is 9.88 Å². The number of ether oxygens (including phenoxy) is 1. The minimum atomic E-state index is -3.70. The van der Waals surface area contributed by atoms with Gasteiger partial charge in [-0.25, -0.2) is 13.6 Å². The summed E-state index contributed by atoms with van der Waals surface area (Å²) in [5.41, 5.74) is 4.58. The number of hydrogen-bond acceptors (Lipinski definition) is 4. The van der Waals surface area contributed by atoms with Crippen LogP contribution in [0.4, 0.5) is 5.69 Å². The molecule has 0 bridgehead atoms. The molecule has 0 spiro atoms. The van der Waals surface area contributed by atoms with Crippen LogP contribution in [0.5, 0.6) is 5.75 Å². The lowest BCUT2D eigenvalue weighted by Crippen LogP contribution is -2.12. The molecule has 2 aromatic carbocycles. The Labute approximate surface area is 159 Å². The van der Waals surface area contributed by atoms with Crippen molar-refractivity contribution < 1.29 is 13.2 Å². The molecule has 0 aliphatic heterocycles. The second-order valence-electron chi connectivity index (χ2n) is 6.13. The van der Waals surface area contributed by atoms with Gasteiger partial charge in [0, 0.05) is 28.9 Å². The lowest BCUT2D eigenvalue weighted by molar-refractivity contribution is 0.416. The number of nitrogens with two attached hydrogens (primary N) is 1. The molecule has 3 aromatic rings. The third-order valence-electron chi connectivity index (χ3n) is 4.32. The van der Waals surface area contributed by atoms with Gasteiger partial charge < -0.3 is 9.30 Å². The lowest BCUT2D eigenvalue weighted by atomic mass is 10.2. The van der Waals surface area contributed by atoms with Gasteiger partial charge in [-0.1, -0.05) is 12.1 Å². The van der Waals surface area contributed by atoms with Crippen molar-refractivity contribution in [1.29, 1.82) is 0 Å². The number of aryl methyl sites for hydroxylation is 1. The van der Waals surface area contributed by atoms with E-state index in [2.05, 4.69) is 4.99 Å². The van der Waals surface area contributed by atoms with Gasteiger partial charge in [0.15, 0.2) is 0 Å². The van der Waals surface area contributed by atoms with E-state index in [9.17, 15) is 8.42 Å². The number of aliphatic imine (C=N–C) groups is 1. The second kappa shape index (κ2) is 7.38. The highest BCUT2D eigenvalue weighted by atomic mass is 32.2. The van der Waals surface area contributed by atoms with Crippen molar-refractivity contribution in [3.8, 4) is 11.4 Å².